The van der Waals surface area contributed by atoms with E-state index < -0.39 is 12.3 Å². The van der Waals surface area contributed by atoms with Crippen LogP contribution in [-0.2, 0) is 4.74 Å². The van der Waals surface area contributed by atoms with Gasteiger partial charge in [-0.2, -0.15) is 0 Å². The maximum absolute atomic E-state index is 12.7. The Morgan fingerprint density at radius 1 is 1.50 bits per heavy atom. The van der Waals surface area contributed by atoms with Crippen molar-refractivity contribution in [3.8, 4) is 0 Å². The van der Waals surface area contributed by atoms with Gasteiger partial charge in [-0.25, -0.2) is 4.39 Å². The molecule has 4 N–H and O–H groups in total. The Hall–Kier alpha value is -0.230. The second-order valence-corrected chi connectivity index (χ2v) is 2.59. The molecule has 0 bridgehead atoms. The molecule has 0 aromatic heterocycles. The van der Waals surface area contributed by atoms with Gasteiger partial charge in [-0.1, -0.05) is 0 Å². The van der Waals surface area contributed by atoms with Gasteiger partial charge in [-0.3, -0.25) is 10.6 Å². The van der Waals surface area contributed by atoms with Crippen LogP contribution < -0.4 is 16.4 Å². The molecule has 2 aliphatic heterocycles. The Morgan fingerprint density at radius 2 is 2.30 bits per heavy atom. The fraction of sp³-hybridized carbons (Fsp3) is 1.00. The highest BCUT2D eigenvalue weighted by Gasteiger charge is 2.43. The fourth-order valence-corrected chi connectivity index (χ4v) is 1.04. The number of hydrogen-bond donors (Lipinski definition) is 3. The van der Waals surface area contributed by atoms with Crippen LogP contribution in [0.5, 0.6) is 0 Å². The van der Waals surface area contributed by atoms with Crippen molar-refractivity contribution in [2.45, 2.75) is 24.8 Å². The zero-order chi connectivity index (χ0) is 7.14. The Morgan fingerprint density at radius 3 is 3.10 bits per heavy atom. The third-order valence-corrected chi connectivity index (χ3v) is 1.75. The molecule has 2 heterocycles. The molecule has 2 fully saturated rings. The maximum atomic E-state index is 12.7. The summed E-state index contributed by atoms with van der Waals surface area (Å²) in [6, 6.07) is 0. The number of ether oxygens (including phenoxy) is 1. The van der Waals surface area contributed by atoms with E-state index in [0.29, 0.717) is 0 Å². The average molecular weight is 147 g/mol. The van der Waals surface area contributed by atoms with E-state index in [2.05, 4.69) is 10.6 Å². The van der Waals surface area contributed by atoms with Crippen molar-refractivity contribution in [1.29, 1.82) is 0 Å². The molecular formula is C5H10FN3O. The fourth-order valence-electron chi connectivity index (χ4n) is 1.04. The third kappa shape index (κ3) is 1.01. The first-order valence-corrected chi connectivity index (χ1v) is 3.32. The topological polar surface area (TPSA) is 62.6 Å². The van der Waals surface area contributed by atoms with Crippen LogP contribution in [0, 0.1) is 0 Å². The molecule has 58 valence electrons. The Bertz CT molecular complexity index is 145. The summed E-state index contributed by atoms with van der Waals surface area (Å²) >= 11 is 0. The summed E-state index contributed by atoms with van der Waals surface area (Å²) in [4.78, 5) is 0. The number of nitrogens with one attached hydrogen (secondary N) is 2. The minimum Gasteiger partial charge on any atom is -0.337 e. The SMILES string of the molecule is NC1NC2OC2NCC1F. The van der Waals surface area contributed by atoms with Gasteiger partial charge in [-0.15, -0.1) is 0 Å². The second-order valence-electron chi connectivity index (χ2n) is 2.59. The summed E-state index contributed by atoms with van der Waals surface area (Å²) in [6.07, 6.45) is -1.70. The van der Waals surface area contributed by atoms with Gasteiger partial charge in [0.05, 0.1) is 6.17 Å². The standard InChI is InChI=1S/C5H10FN3O/c6-2-1-8-4-5(10-4)9-3(2)7/h2-5,8-9H,1,7H2. The maximum Gasteiger partial charge on any atom is 0.151 e. The van der Waals surface area contributed by atoms with E-state index in [1.807, 2.05) is 0 Å². The summed E-state index contributed by atoms with van der Waals surface area (Å²) in [6.45, 7) is 0.273. The summed E-state index contributed by atoms with van der Waals surface area (Å²) < 4.78 is 17.7. The van der Waals surface area contributed by atoms with Crippen LogP contribution in [0.15, 0.2) is 0 Å². The number of halogens is 1. The van der Waals surface area contributed by atoms with Gasteiger partial charge < -0.3 is 10.5 Å². The molecule has 4 atom stereocenters. The van der Waals surface area contributed by atoms with Crippen LogP contribution in [0.2, 0.25) is 0 Å². The number of fused-ring (bicyclic) bond motifs is 1. The molecule has 0 aliphatic carbocycles. The van der Waals surface area contributed by atoms with Crippen molar-refractivity contribution in [2.24, 2.45) is 5.73 Å². The predicted octanol–water partition coefficient (Wildman–Crippen LogP) is -1.52. The molecule has 2 saturated heterocycles. The minimum atomic E-state index is -1.02. The zero-order valence-electron chi connectivity index (χ0n) is 5.38. The van der Waals surface area contributed by atoms with Gasteiger partial charge in [0.2, 0.25) is 0 Å². The van der Waals surface area contributed by atoms with E-state index in [4.69, 9.17) is 10.5 Å². The van der Waals surface area contributed by atoms with E-state index in [9.17, 15) is 4.39 Å². The molecule has 0 aromatic carbocycles. The quantitative estimate of drug-likeness (QED) is 0.364. The van der Waals surface area contributed by atoms with Crippen molar-refractivity contribution in [2.75, 3.05) is 6.54 Å². The molecule has 4 nitrogen and oxygen atoms in total. The number of hydrogen-bond acceptors (Lipinski definition) is 4. The molecule has 0 aromatic rings. The zero-order valence-corrected chi connectivity index (χ0v) is 5.38. The van der Waals surface area contributed by atoms with Gasteiger partial charge in [0.15, 0.2) is 12.5 Å². The van der Waals surface area contributed by atoms with E-state index in [-0.39, 0.29) is 19.0 Å². The van der Waals surface area contributed by atoms with Crippen molar-refractivity contribution < 1.29 is 9.13 Å². The lowest BCUT2D eigenvalue weighted by Crippen LogP contribution is -2.47. The Labute approximate surface area is 57.9 Å². The Balaban J connectivity index is 1.96. The molecule has 0 spiro atoms. The molecule has 2 rings (SSSR count). The average Bonchev–Trinajstić information content (AvgIpc) is 2.61. The van der Waals surface area contributed by atoms with Crippen LogP contribution in [0.1, 0.15) is 0 Å². The van der Waals surface area contributed by atoms with Crippen molar-refractivity contribution in [3.05, 3.63) is 0 Å². The second kappa shape index (κ2) is 2.13. The van der Waals surface area contributed by atoms with Crippen LogP contribution in [-0.4, -0.2) is 31.3 Å². The summed E-state index contributed by atoms with van der Waals surface area (Å²) in [5.41, 5.74) is 5.39. The van der Waals surface area contributed by atoms with Gasteiger partial charge in [0, 0.05) is 6.54 Å². The molecule has 0 radical (unpaired) electrons. The summed E-state index contributed by atoms with van der Waals surface area (Å²) in [5.74, 6) is 0. The van der Waals surface area contributed by atoms with E-state index in [1.165, 1.54) is 0 Å². The van der Waals surface area contributed by atoms with Crippen LogP contribution >= 0.6 is 0 Å². The summed E-state index contributed by atoms with van der Waals surface area (Å²) in [5, 5.41) is 5.64. The lowest BCUT2D eigenvalue weighted by Gasteiger charge is -2.13. The monoisotopic (exact) mass is 147 g/mol. The molecule has 0 amide bonds. The summed E-state index contributed by atoms with van der Waals surface area (Å²) in [7, 11) is 0. The largest absolute Gasteiger partial charge is 0.337 e. The van der Waals surface area contributed by atoms with Crippen molar-refractivity contribution in [1.82, 2.24) is 10.6 Å². The Kier molecular flexibility index (Phi) is 1.38. The first-order chi connectivity index (χ1) is 4.77. The van der Waals surface area contributed by atoms with Crippen LogP contribution in [0.25, 0.3) is 0 Å². The van der Waals surface area contributed by atoms with Crippen molar-refractivity contribution >= 4 is 0 Å². The molecule has 0 saturated carbocycles. The van der Waals surface area contributed by atoms with Crippen LogP contribution in [0.4, 0.5) is 4.39 Å². The highest BCUT2D eigenvalue weighted by molar-refractivity contribution is 4.89. The number of nitrogens with two attached hydrogens (primary N) is 1. The van der Waals surface area contributed by atoms with Gasteiger partial charge in [0.1, 0.15) is 6.17 Å². The third-order valence-electron chi connectivity index (χ3n) is 1.75. The van der Waals surface area contributed by atoms with Crippen LogP contribution in [0.3, 0.4) is 0 Å². The molecule has 5 heteroatoms. The highest BCUT2D eigenvalue weighted by Crippen LogP contribution is 2.19. The first kappa shape index (κ1) is 6.48. The minimum absolute atomic E-state index is 0.0215. The smallest absolute Gasteiger partial charge is 0.151 e. The molecule has 2 aliphatic rings. The van der Waals surface area contributed by atoms with E-state index in [0.717, 1.165) is 0 Å². The molecule has 10 heavy (non-hydrogen) atoms. The molecular weight excluding hydrogens is 137 g/mol. The normalized spacial score (nSPS) is 53.4. The number of epoxide rings is 1. The number of alkyl halides is 1. The molecule has 4 unspecified atom stereocenters. The first-order valence-electron chi connectivity index (χ1n) is 3.32. The highest BCUT2D eigenvalue weighted by atomic mass is 19.1. The lowest BCUT2D eigenvalue weighted by molar-refractivity contribution is 0.204. The van der Waals surface area contributed by atoms with Gasteiger partial charge in [-0.05, 0) is 0 Å². The predicted molar refractivity (Wildman–Crippen MR) is 32.7 cm³/mol. The van der Waals surface area contributed by atoms with Gasteiger partial charge >= 0.3 is 0 Å². The van der Waals surface area contributed by atoms with E-state index >= 15 is 0 Å². The van der Waals surface area contributed by atoms with Crippen molar-refractivity contribution in [3.63, 3.8) is 0 Å². The van der Waals surface area contributed by atoms with Gasteiger partial charge in [0.25, 0.3) is 0 Å². The number of rotatable bonds is 0. The lowest BCUT2D eigenvalue weighted by atomic mass is 10.3. The van der Waals surface area contributed by atoms with E-state index in [1.54, 1.807) is 0 Å².